The Balaban J connectivity index is 2.35. The van der Waals surface area contributed by atoms with Crippen LogP contribution in [0, 0.1) is 0 Å². The number of aryl methyl sites for hydroxylation is 1. The van der Waals surface area contributed by atoms with Crippen molar-refractivity contribution in [1.82, 2.24) is 5.32 Å². The van der Waals surface area contributed by atoms with E-state index in [9.17, 15) is 4.79 Å². The summed E-state index contributed by atoms with van der Waals surface area (Å²) < 4.78 is 5.55. The Kier molecular flexibility index (Phi) is 8.56. The molecule has 3 nitrogen and oxygen atoms in total. The molecule has 0 bridgehead atoms. The maximum absolute atomic E-state index is 11.9. The molecule has 0 aromatic heterocycles. The first-order valence-electron chi connectivity index (χ1n) is 8.20. The highest BCUT2D eigenvalue weighted by atomic mass is 16.5. The van der Waals surface area contributed by atoms with Gasteiger partial charge in [-0.25, -0.2) is 0 Å². The van der Waals surface area contributed by atoms with Crippen molar-refractivity contribution in [2.75, 3.05) is 6.61 Å². The van der Waals surface area contributed by atoms with Crippen LogP contribution in [0.4, 0.5) is 0 Å². The quantitative estimate of drug-likeness (QED) is 0.704. The van der Waals surface area contributed by atoms with E-state index in [2.05, 4.69) is 26.1 Å². The van der Waals surface area contributed by atoms with E-state index in [1.807, 2.05) is 24.3 Å². The molecule has 0 aliphatic carbocycles. The van der Waals surface area contributed by atoms with E-state index in [0.29, 0.717) is 12.5 Å². The molecule has 0 spiro atoms. The molecule has 0 aliphatic heterocycles. The predicted molar refractivity (Wildman–Crippen MR) is 87.7 cm³/mol. The van der Waals surface area contributed by atoms with Gasteiger partial charge in [0, 0.05) is 12.5 Å². The van der Waals surface area contributed by atoms with Crippen LogP contribution in [0.1, 0.15) is 58.4 Å². The molecule has 1 rings (SSSR count). The average Bonchev–Trinajstić information content (AvgIpc) is 2.51. The largest absolute Gasteiger partial charge is 0.494 e. The van der Waals surface area contributed by atoms with Crippen LogP contribution in [-0.4, -0.2) is 18.6 Å². The van der Waals surface area contributed by atoms with Crippen LogP contribution in [-0.2, 0) is 11.2 Å². The molecule has 1 aromatic rings. The third kappa shape index (κ3) is 7.16. The van der Waals surface area contributed by atoms with Gasteiger partial charge in [-0.15, -0.1) is 0 Å². The van der Waals surface area contributed by atoms with Crippen molar-refractivity contribution >= 4 is 5.91 Å². The fraction of sp³-hybridized carbons (Fsp3) is 0.611. The molecule has 1 N–H and O–H groups in total. The third-order valence-electron chi connectivity index (χ3n) is 3.53. The third-order valence-corrected chi connectivity index (χ3v) is 3.53. The molecule has 1 atom stereocenters. The zero-order valence-corrected chi connectivity index (χ0v) is 13.7. The lowest BCUT2D eigenvalue weighted by Gasteiger charge is -2.16. The summed E-state index contributed by atoms with van der Waals surface area (Å²) in [5.41, 5.74) is 1.18. The lowest BCUT2D eigenvalue weighted by molar-refractivity contribution is -0.121. The van der Waals surface area contributed by atoms with Gasteiger partial charge < -0.3 is 10.1 Å². The molecule has 0 heterocycles. The van der Waals surface area contributed by atoms with Gasteiger partial charge in [0.15, 0.2) is 0 Å². The smallest absolute Gasteiger partial charge is 0.220 e. The minimum absolute atomic E-state index is 0.154. The first-order chi connectivity index (χ1) is 10.2. The van der Waals surface area contributed by atoms with Crippen LogP contribution in [0.5, 0.6) is 5.75 Å². The first-order valence-corrected chi connectivity index (χ1v) is 8.20. The summed E-state index contributed by atoms with van der Waals surface area (Å²) in [6.07, 6.45) is 5.52. The van der Waals surface area contributed by atoms with Gasteiger partial charge in [0.25, 0.3) is 0 Å². The lowest BCUT2D eigenvalue weighted by Crippen LogP contribution is -2.34. The molecular formula is C18H29NO2. The van der Waals surface area contributed by atoms with Gasteiger partial charge in [-0.2, -0.15) is 0 Å². The zero-order valence-electron chi connectivity index (χ0n) is 13.7. The summed E-state index contributed by atoms with van der Waals surface area (Å²) in [6.45, 7) is 7.11. The summed E-state index contributed by atoms with van der Waals surface area (Å²) in [4.78, 5) is 11.9. The van der Waals surface area contributed by atoms with Gasteiger partial charge in [-0.1, -0.05) is 39.3 Å². The normalized spacial score (nSPS) is 12.0. The molecule has 0 saturated heterocycles. The van der Waals surface area contributed by atoms with Crippen LogP contribution in [0.2, 0.25) is 0 Å². The number of hydrogen-bond acceptors (Lipinski definition) is 2. The lowest BCUT2D eigenvalue weighted by atomic mass is 10.1. The number of amides is 1. The van der Waals surface area contributed by atoms with Crippen LogP contribution in [0.25, 0.3) is 0 Å². The van der Waals surface area contributed by atoms with Crippen molar-refractivity contribution in [1.29, 1.82) is 0 Å². The summed E-state index contributed by atoms with van der Waals surface area (Å²) in [5.74, 6) is 1.06. The van der Waals surface area contributed by atoms with Crippen LogP contribution in [0.15, 0.2) is 24.3 Å². The Morgan fingerprint density at radius 1 is 1.14 bits per heavy atom. The van der Waals surface area contributed by atoms with Crippen molar-refractivity contribution in [3.05, 3.63) is 29.8 Å². The highest BCUT2D eigenvalue weighted by molar-refractivity contribution is 5.76. The predicted octanol–water partition coefficient (Wildman–Crippen LogP) is 4.10. The van der Waals surface area contributed by atoms with Gasteiger partial charge >= 0.3 is 0 Å². The van der Waals surface area contributed by atoms with Crippen molar-refractivity contribution in [3.8, 4) is 5.75 Å². The molecule has 3 heteroatoms. The second kappa shape index (κ2) is 10.3. The fourth-order valence-corrected chi connectivity index (χ4v) is 2.26. The summed E-state index contributed by atoms with van der Waals surface area (Å²) in [6, 6.07) is 8.37. The second-order valence-corrected chi connectivity index (χ2v) is 5.45. The molecule has 0 aliphatic rings. The summed E-state index contributed by atoms with van der Waals surface area (Å²) in [5, 5.41) is 3.11. The second-order valence-electron chi connectivity index (χ2n) is 5.45. The van der Waals surface area contributed by atoms with Gasteiger partial charge in [-0.05, 0) is 43.4 Å². The molecule has 1 amide bonds. The summed E-state index contributed by atoms with van der Waals surface area (Å²) >= 11 is 0. The van der Waals surface area contributed by atoms with E-state index in [4.69, 9.17) is 4.74 Å². The van der Waals surface area contributed by atoms with Crippen molar-refractivity contribution in [2.24, 2.45) is 0 Å². The number of nitrogens with one attached hydrogen (secondary N) is 1. The number of carbonyl (C=O) groups excluding carboxylic acids is 1. The molecule has 0 fully saturated rings. The van der Waals surface area contributed by atoms with Crippen LogP contribution >= 0.6 is 0 Å². The molecular weight excluding hydrogens is 262 g/mol. The minimum Gasteiger partial charge on any atom is -0.494 e. The molecule has 1 unspecified atom stereocenters. The van der Waals surface area contributed by atoms with E-state index >= 15 is 0 Å². The maximum Gasteiger partial charge on any atom is 0.220 e. The number of benzene rings is 1. The first kappa shape index (κ1) is 17.5. The van der Waals surface area contributed by atoms with E-state index in [-0.39, 0.29) is 5.91 Å². The number of carbonyl (C=O) groups is 1. The minimum atomic E-state index is 0.154. The monoisotopic (exact) mass is 291 g/mol. The fourth-order valence-electron chi connectivity index (χ4n) is 2.26. The van der Waals surface area contributed by atoms with Crippen molar-refractivity contribution in [3.63, 3.8) is 0 Å². The zero-order chi connectivity index (χ0) is 15.5. The number of ether oxygens (including phenoxy) is 1. The van der Waals surface area contributed by atoms with E-state index < -0.39 is 0 Å². The Morgan fingerprint density at radius 2 is 1.86 bits per heavy atom. The Morgan fingerprint density at radius 3 is 2.43 bits per heavy atom. The molecule has 0 saturated carbocycles. The van der Waals surface area contributed by atoms with Gasteiger partial charge in [0.1, 0.15) is 5.75 Å². The topological polar surface area (TPSA) is 38.3 Å². The highest BCUT2D eigenvalue weighted by Gasteiger charge is 2.09. The van der Waals surface area contributed by atoms with Crippen LogP contribution in [0.3, 0.4) is 0 Å². The van der Waals surface area contributed by atoms with E-state index in [1.165, 1.54) is 5.56 Å². The molecule has 0 radical (unpaired) electrons. The van der Waals surface area contributed by atoms with Crippen molar-refractivity contribution < 1.29 is 9.53 Å². The van der Waals surface area contributed by atoms with Crippen molar-refractivity contribution in [2.45, 2.75) is 65.3 Å². The van der Waals surface area contributed by atoms with Gasteiger partial charge in [-0.3, -0.25) is 4.79 Å². The van der Waals surface area contributed by atoms with E-state index in [0.717, 1.165) is 44.5 Å². The SMILES string of the molecule is CCCOc1ccc(CCC(=O)NC(CC)CCC)cc1. The Hall–Kier alpha value is -1.51. The average molecular weight is 291 g/mol. The molecule has 21 heavy (non-hydrogen) atoms. The Labute approximate surface area is 129 Å². The number of rotatable bonds is 10. The Bertz CT molecular complexity index is 400. The molecule has 1 aromatic carbocycles. The highest BCUT2D eigenvalue weighted by Crippen LogP contribution is 2.13. The standard InChI is InChI=1S/C18H29NO2/c1-4-7-16(6-3)19-18(20)13-10-15-8-11-17(12-9-15)21-14-5-2/h8-9,11-12,16H,4-7,10,13-14H2,1-3H3,(H,19,20). The number of hydrogen-bond donors (Lipinski definition) is 1. The van der Waals surface area contributed by atoms with Crippen LogP contribution < -0.4 is 10.1 Å². The summed E-state index contributed by atoms with van der Waals surface area (Å²) in [7, 11) is 0. The van der Waals surface area contributed by atoms with Gasteiger partial charge in [0.05, 0.1) is 6.61 Å². The van der Waals surface area contributed by atoms with Gasteiger partial charge in [0.2, 0.25) is 5.91 Å². The molecule has 118 valence electrons. The maximum atomic E-state index is 11.9. The van der Waals surface area contributed by atoms with E-state index in [1.54, 1.807) is 0 Å².